The van der Waals surface area contributed by atoms with E-state index in [0.717, 1.165) is 36.5 Å². The standard InChI is InChI=1S/C19H18N6OS2/c26-16(12-27-19-22-18-20-8-4-10-25(18)23-19)24-9-3-5-13(11-24)17-21-14-6-1-2-7-15(14)28-17/h1-2,4,6-8,10,13H,3,5,9,11-12H2. The second kappa shape index (κ2) is 7.48. The second-order valence-electron chi connectivity index (χ2n) is 6.75. The van der Waals surface area contributed by atoms with E-state index >= 15 is 0 Å². The van der Waals surface area contributed by atoms with Crippen LogP contribution in [0.2, 0.25) is 0 Å². The second-order valence-corrected chi connectivity index (χ2v) is 8.75. The Morgan fingerprint density at radius 1 is 1.25 bits per heavy atom. The molecule has 28 heavy (non-hydrogen) atoms. The van der Waals surface area contributed by atoms with Crippen LogP contribution in [0.3, 0.4) is 0 Å². The molecule has 0 saturated carbocycles. The van der Waals surface area contributed by atoms with Crippen LogP contribution in [0.4, 0.5) is 0 Å². The molecule has 0 N–H and O–H groups in total. The molecule has 1 aliphatic rings. The van der Waals surface area contributed by atoms with E-state index in [0.29, 0.717) is 22.6 Å². The van der Waals surface area contributed by atoms with Gasteiger partial charge in [0.25, 0.3) is 5.78 Å². The van der Waals surface area contributed by atoms with Crippen molar-refractivity contribution in [3.63, 3.8) is 0 Å². The molecule has 1 aromatic carbocycles. The van der Waals surface area contributed by atoms with Crippen molar-refractivity contribution >= 4 is 45.0 Å². The van der Waals surface area contributed by atoms with Crippen LogP contribution < -0.4 is 0 Å². The molecule has 1 saturated heterocycles. The zero-order chi connectivity index (χ0) is 18.9. The molecule has 1 fully saturated rings. The van der Waals surface area contributed by atoms with Crippen molar-refractivity contribution in [2.45, 2.75) is 23.9 Å². The molecular formula is C19H18N6OS2. The predicted octanol–water partition coefficient (Wildman–Crippen LogP) is 3.23. The number of likely N-dealkylation sites (tertiary alicyclic amines) is 1. The van der Waals surface area contributed by atoms with E-state index < -0.39 is 0 Å². The summed E-state index contributed by atoms with van der Waals surface area (Å²) in [6, 6.07) is 10.0. The minimum Gasteiger partial charge on any atom is -0.341 e. The van der Waals surface area contributed by atoms with Gasteiger partial charge in [0.05, 0.1) is 21.0 Å². The topological polar surface area (TPSA) is 76.3 Å². The molecule has 0 bridgehead atoms. The summed E-state index contributed by atoms with van der Waals surface area (Å²) in [6.07, 6.45) is 5.57. The molecule has 5 rings (SSSR count). The molecule has 1 atom stereocenters. The molecule has 0 radical (unpaired) electrons. The van der Waals surface area contributed by atoms with Gasteiger partial charge in [-0.2, -0.15) is 4.98 Å². The van der Waals surface area contributed by atoms with Crippen molar-refractivity contribution in [3.05, 3.63) is 47.7 Å². The van der Waals surface area contributed by atoms with Gasteiger partial charge in [0.2, 0.25) is 11.1 Å². The van der Waals surface area contributed by atoms with Gasteiger partial charge in [0.1, 0.15) is 0 Å². The fourth-order valence-electron chi connectivity index (χ4n) is 3.46. The average molecular weight is 411 g/mol. The number of carbonyl (C=O) groups excluding carboxylic acids is 1. The Morgan fingerprint density at radius 3 is 3.07 bits per heavy atom. The van der Waals surface area contributed by atoms with Crippen LogP contribution in [-0.4, -0.2) is 54.2 Å². The molecular weight excluding hydrogens is 392 g/mol. The minimum atomic E-state index is 0.127. The maximum absolute atomic E-state index is 12.7. The number of piperidine rings is 1. The number of benzene rings is 1. The van der Waals surface area contributed by atoms with Gasteiger partial charge in [0.15, 0.2) is 0 Å². The number of thiazole rings is 1. The first kappa shape index (κ1) is 17.6. The van der Waals surface area contributed by atoms with E-state index in [1.54, 1.807) is 34.3 Å². The molecule has 9 heteroatoms. The van der Waals surface area contributed by atoms with E-state index in [2.05, 4.69) is 27.2 Å². The maximum atomic E-state index is 12.7. The number of aromatic nitrogens is 5. The zero-order valence-electron chi connectivity index (χ0n) is 15.1. The Hall–Kier alpha value is -2.52. The summed E-state index contributed by atoms with van der Waals surface area (Å²) in [7, 11) is 0. The number of hydrogen-bond acceptors (Lipinski definition) is 7. The number of amides is 1. The number of nitrogens with zero attached hydrogens (tertiary/aromatic N) is 6. The lowest BCUT2D eigenvalue weighted by atomic mass is 9.99. The third kappa shape index (κ3) is 3.47. The molecule has 1 aliphatic heterocycles. The van der Waals surface area contributed by atoms with Gasteiger partial charge in [-0.25, -0.2) is 14.5 Å². The van der Waals surface area contributed by atoms with Crippen molar-refractivity contribution in [2.75, 3.05) is 18.8 Å². The first-order valence-electron chi connectivity index (χ1n) is 9.20. The van der Waals surface area contributed by atoms with Crippen molar-refractivity contribution in [2.24, 2.45) is 0 Å². The number of carbonyl (C=O) groups is 1. The summed E-state index contributed by atoms with van der Waals surface area (Å²) in [5.41, 5.74) is 1.05. The van der Waals surface area contributed by atoms with E-state index in [-0.39, 0.29) is 5.91 Å². The van der Waals surface area contributed by atoms with Crippen LogP contribution in [-0.2, 0) is 4.79 Å². The van der Waals surface area contributed by atoms with Gasteiger partial charge in [0, 0.05) is 31.4 Å². The summed E-state index contributed by atoms with van der Waals surface area (Å²) >= 11 is 3.11. The van der Waals surface area contributed by atoms with Crippen LogP contribution in [0, 0.1) is 0 Å². The van der Waals surface area contributed by atoms with Gasteiger partial charge in [-0.3, -0.25) is 4.79 Å². The third-order valence-corrected chi connectivity index (χ3v) is 6.88. The Labute approximate surface area is 169 Å². The van der Waals surface area contributed by atoms with Crippen LogP contribution in [0.1, 0.15) is 23.8 Å². The molecule has 1 amide bonds. The summed E-state index contributed by atoms with van der Waals surface area (Å²) in [6.45, 7) is 1.54. The minimum absolute atomic E-state index is 0.127. The Kier molecular flexibility index (Phi) is 4.69. The monoisotopic (exact) mass is 410 g/mol. The molecule has 0 spiro atoms. The smallest absolute Gasteiger partial charge is 0.253 e. The highest BCUT2D eigenvalue weighted by Gasteiger charge is 2.27. The summed E-state index contributed by atoms with van der Waals surface area (Å²) in [5.74, 6) is 1.33. The Morgan fingerprint density at radius 2 is 2.18 bits per heavy atom. The molecule has 7 nitrogen and oxygen atoms in total. The van der Waals surface area contributed by atoms with Crippen LogP contribution >= 0.6 is 23.1 Å². The normalized spacial score (nSPS) is 17.4. The van der Waals surface area contributed by atoms with Crippen molar-refractivity contribution in [1.29, 1.82) is 0 Å². The lowest BCUT2D eigenvalue weighted by Crippen LogP contribution is -2.40. The fourth-order valence-corrected chi connectivity index (χ4v) is 5.28. The number of hydrogen-bond donors (Lipinski definition) is 0. The van der Waals surface area contributed by atoms with E-state index in [1.165, 1.54) is 16.5 Å². The van der Waals surface area contributed by atoms with Crippen LogP contribution in [0.5, 0.6) is 0 Å². The Bertz CT molecular complexity index is 1070. The predicted molar refractivity (Wildman–Crippen MR) is 110 cm³/mol. The van der Waals surface area contributed by atoms with Gasteiger partial charge in [-0.15, -0.1) is 16.4 Å². The average Bonchev–Trinajstić information content (AvgIpc) is 3.35. The quantitative estimate of drug-likeness (QED) is 0.481. The largest absolute Gasteiger partial charge is 0.341 e. The number of fused-ring (bicyclic) bond motifs is 2. The molecule has 142 valence electrons. The lowest BCUT2D eigenvalue weighted by Gasteiger charge is -2.31. The van der Waals surface area contributed by atoms with E-state index in [4.69, 9.17) is 4.98 Å². The van der Waals surface area contributed by atoms with Gasteiger partial charge in [-0.1, -0.05) is 23.9 Å². The molecule has 1 unspecified atom stereocenters. The van der Waals surface area contributed by atoms with Gasteiger partial charge in [-0.05, 0) is 31.0 Å². The first-order valence-corrected chi connectivity index (χ1v) is 11.0. The van der Waals surface area contributed by atoms with Crippen molar-refractivity contribution < 1.29 is 4.79 Å². The van der Waals surface area contributed by atoms with E-state index in [9.17, 15) is 4.79 Å². The maximum Gasteiger partial charge on any atom is 0.253 e. The molecule has 0 aliphatic carbocycles. The molecule has 4 heterocycles. The first-order chi connectivity index (χ1) is 13.8. The van der Waals surface area contributed by atoms with Crippen molar-refractivity contribution in [3.8, 4) is 0 Å². The SMILES string of the molecule is O=C(CSc1nc2ncccn2n1)N1CCCC(c2nc3ccccc3s2)C1. The van der Waals surface area contributed by atoms with Gasteiger partial charge >= 0.3 is 0 Å². The van der Waals surface area contributed by atoms with E-state index in [1.807, 2.05) is 17.0 Å². The summed E-state index contributed by atoms with van der Waals surface area (Å²) in [5, 5.41) is 6.06. The third-order valence-electron chi connectivity index (χ3n) is 4.86. The molecule has 3 aromatic heterocycles. The fraction of sp³-hybridized carbons (Fsp3) is 0.316. The highest BCUT2D eigenvalue weighted by atomic mass is 32.2. The van der Waals surface area contributed by atoms with Gasteiger partial charge < -0.3 is 4.90 Å². The highest BCUT2D eigenvalue weighted by molar-refractivity contribution is 7.99. The van der Waals surface area contributed by atoms with Crippen LogP contribution in [0.25, 0.3) is 16.0 Å². The molecule has 4 aromatic rings. The Balaban J connectivity index is 1.24. The number of rotatable bonds is 4. The van der Waals surface area contributed by atoms with Crippen molar-refractivity contribution in [1.82, 2.24) is 29.5 Å². The highest BCUT2D eigenvalue weighted by Crippen LogP contribution is 2.33. The summed E-state index contributed by atoms with van der Waals surface area (Å²) in [4.78, 5) is 28.0. The summed E-state index contributed by atoms with van der Waals surface area (Å²) < 4.78 is 2.83. The van der Waals surface area contributed by atoms with Crippen LogP contribution in [0.15, 0.2) is 47.9 Å². The number of thioether (sulfide) groups is 1. The number of para-hydroxylation sites is 1. The lowest BCUT2D eigenvalue weighted by molar-refractivity contribution is -0.129. The zero-order valence-corrected chi connectivity index (χ0v) is 16.7.